The van der Waals surface area contributed by atoms with Crippen LogP contribution in [-0.4, -0.2) is 4.57 Å². The fourth-order valence-corrected chi connectivity index (χ4v) is 3.49. The molecule has 152 valence electrons. The third-order valence-electron chi connectivity index (χ3n) is 5.19. The Morgan fingerprint density at radius 2 is 1.15 bits per heavy atom. The topological polar surface area (TPSA) is 8.81 Å². The molecule has 1 heterocycles. The number of rotatable bonds is 18. The molecule has 0 aliphatic rings. The summed E-state index contributed by atoms with van der Waals surface area (Å²) in [6.45, 7) is 7.21. The maximum absolute atomic E-state index is 3.77. The van der Waals surface area contributed by atoms with Gasteiger partial charge in [0.05, 0.1) is 12.7 Å². The van der Waals surface area contributed by atoms with Gasteiger partial charge in [-0.1, -0.05) is 103 Å². The normalized spacial score (nSPS) is 10.7. The van der Waals surface area contributed by atoms with Gasteiger partial charge in [0, 0.05) is 0 Å². The molecule has 0 bridgehead atoms. The molecule has 3 heteroatoms. The van der Waals surface area contributed by atoms with Crippen LogP contribution in [0.4, 0.5) is 0 Å². The lowest BCUT2D eigenvalue weighted by Crippen LogP contribution is -3.00. The highest BCUT2D eigenvalue weighted by Crippen LogP contribution is 2.13. The van der Waals surface area contributed by atoms with Crippen molar-refractivity contribution in [2.45, 2.75) is 116 Å². The van der Waals surface area contributed by atoms with Crippen LogP contribution in [0.15, 0.2) is 25.3 Å². The molecule has 0 saturated heterocycles. The van der Waals surface area contributed by atoms with Crippen LogP contribution in [-0.2, 0) is 6.54 Å². The predicted octanol–water partition coefficient (Wildman–Crippen LogP) is 4.14. The average Bonchev–Trinajstić information content (AvgIpc) is 3.09. The summed E-state index contributed by atoms with van der Waals surface area (Å²) in [5, 5.41) is 0. The summed E-state index contributed by atoms with van der Waals surface area (Å²) in [4.78, 5) is 0. The molecule has 0 atom stereocenters. The van der Waals surface area contributed by atoms with Crippen molar-refractivity contribution in [2.24, 2.45) is 0 Å². The highest BCUT2D eigenvalue weighted by molar-refractivity contribution is 5.12. The second kappa shape index (κ2) is 19.4. The van der Waals surface area contributed by atoms with Crippen molar-refractivity contribution in [1.29, 1.82) is 0 Å². The Bertz CT molecular complexity index is 414. The molecule has 2 nitrogen and oxygen atoms in total. The standard InChI is InChI=1S/C23H43N2.HI/c1-3-5-6-7-8-9-10-11-12-13-14-15-16-17-18-19-20-25-22-21-24(4-2)23-25;/h4,21-23H,2-3,5-20H2,1H3;1H/q+1;/p-1. The lowest BCUT2D eigenvalue weighted by atomic mass is 10.0. The first kappa shape index (κ1) is 25.7. The molecular formula is C23H43IN2. The van der Waals surface area contributed by atoms with Gasteiger partial charge in [0.15, 0.2) is 0 Å². The van der Waals surface area contributed by atoms with E-state index in [-0.39, 0.29) is 24.0 Å². The summed E-state index contributed by atoms with van der Waals surface area (Å²) < 4.78 is 4.26. The molecule has 1 aromatic rings. The second-order valence-corrected chi connectivity index (χ2v) is 7.58. The maximum Gasteiger partial charge on any atom is 0.248 e. The molecule has 0 aliphatic carbocycles. The zero-order valence-electron chi connectivity index (χ0n) is 17.3. The van der Waals surface area contributed by atoms with Gasteiger partial charge in [-0.05, 0) is 12.8 Å². The molecule has 0 saturated carbocycles. The average molecular weight is 475 g/mol. The number of hydrogen-bond donors (Lipinski definition) is 0. The Balaban J connectivity index is 0.00000625. The van der Waals surface area contributed by atoms with Crippen molar-refractivity contribution in [2.75, 3.05) is 0 Å². The van der Waals surface area contributed by atoms with Gasteiger partial charge in [0.25, 0.3) is 0 Å². The third kappa shape index (κ3) is 14.8. The minimum absolute atomic E-state index is 0. The fraction of sp³-hybridized carbons (Fsp3) is 0.783. The molecular weight excluding hydrogens is 431 g/mol. The molecule has 0 radical (unpaired) electrons. The van der Waals surface area contributed by atoms with Crippen molar-refractivity contribution in [3.05, 3.63) is 25.3 Å². The first-order valence-corrected chi connectivity index (χ1v) is 11.1. The van der Waals surface area contributed by atoms with Crippen molar-refractivity contribution in [1.82, 2.24) is 4.57 Å². The van der Waals surface area contributed by atoms with Gasteiger partial charge in [-0.3, -0.25) is 0 Å². The minimum atomic E-state index is 0. The van der Waals surface area contributed by atoms with Gasteiger partial charge in [-0.2, -0.15) is 0 Å². The summed E-state index contributed by atoms with van der Waals surface area (Å²) in [7, 11) is 0. The van der Waals surface area contributed by atoms with Crippen molar-refractivity contribution in [3.8, 4) is 0 Å². The summed E-state index contributed by atoms with van der Waals surface area (Å²) in [6, 6.07) is 0. The Kier molecular flexibility index (Phi) is 19.2. The largest absolute Gasteiger partial charge is 1.00 e. The summed E-state index contributed by atoms with van der Waals surface area (Å²) >= 11 is 0. The van der Waals surface area contributed by atoms with Crippen molar-refractivity contribution in [3.63, 3.8) is 0 Å². The van der Waals surface area contributed by atoms with Gasteiger partial charge in [0.2, 0.25) is 6.33 Å². The monoisotopic (exact) mass is 474 g/mol. The smallest absolute Gasteiger partial charge is 0.248 e. The molecule has 0 N–H and O–H groups in total. The number of aryl methyl sites for hydroxylation is 1. The molecule has 0 fully saturated rings. The summed E-state index contributed by atoms with van der Waals surface area (Å²) in [6.07, 6.45) is 31.0. The van der Waals surface area contributed by atoms with Gasteiger partial charge in [-0.25, -0.2) is 9.13 Å². The van der Waals surface area contributed by atoms with Crippen molar-refractivity contribution < 1.29 is 28.5 Å². The minimum Gasteiger partial charge on any atom is -1.00 e. The van der Waals surface area contributed by atoms with Crippen molar-refractivity contribution >= 4 is 6.20 Å². The SMILES string of the molecule is C=Cn1cc[n+](CCCCCCCCCCCCCCCCCC)c1.[I-]. The first-order valence-electron chi connectivity index (χ1n) is 11.1. The van der Waals surface area contributed by atoms with E-state index >= 15 is 0 Å². The molecule has 0 aromatic carbocycles. The summed E-state index contributed by atoms with van der Waals surface area (Å²) in [5.74, 6) is 0. The Morgan fingerprint density at radius 3 is 1.54 bits per heavy atom. The van der Waals surface area contributed by atoms with E-state index in [9.17, 15) is 0 Å². The lowest BCUT2D eigenvalue weighted by Gasteiger charge is -2.03. The number of halogens is 1. The predicted molar refractivity (Wildman–Crippen MR) is 111 cm³/mol. The number of nitrogens with zero attached hydrogens (tertiary/aromatic N) is 2. The van der Waals surface area contributed by atoms with E-state index in [2.05, 4.69) is 36.8 Å². The molecule has 0 aliphatic heterocycles. The van der Waals surface area contributed by atoms with Crippen LogP contribution in [0.1, 0.15) is 110 Å². The number of aromatic nitrogens is 2. The van der Waals surface area contributed by atoms with Crippen LogP contribution >= 0.6 is 0 Å². The highest BCUT2D eigenvalue weighted by atomic mass is 127. The van der Waals surface area contributed by atoms with Crippen LogP contribution in [0.5, 0.6) is 0 Å². The summed E-state index contributed by atoms with van der Waals surface area (Å²) in [5.41, 5.74) is 0. The third-order valence-corrected chi connectivity index (χ3v) is 5.19. The quantitative estimate of drug-likeness (QED) is 0.172. The van der Waals surface area contributed by atoms with E-state index in [1.54, 1.807) is 0 Å². The molecule has 0 spiro atoms. The van der Waals surface area contributed by atoms with Crippen LogP contribution in [0.25, 0.3) is 6.20 Å². The van der Waals surface area contributed by atoms with E-state index < -0.39 is 0 Å². The van der Waals surface area contributed by atoms with E-state index in [4.69, 9.17) is 0 Å². The van der Waals surface area contributed by atoms with Crippen LogP contribution in [0, 0.1) is 0 Å². The zero-order chi connectivity index (χ0) is 18.0. The van der Waals surface area contributed by atoms with Gasteiger partial charge >= 0.3 is 0 Å². The first-order chi connectivity index (χ1) is 12.4. The Labute approximate surface area is 180 Å². The van der Waals surface area contributed by atoms with Crippen LogP contribution in [0.3, 0.4) is 0 Å². The van der Waals surface area contributed by atoms with E-state index in [0.717, 1.165) is 6.54 Å². The second-order valence-electron chi connectivity index (χ2n) is 7.58. The van der Waals surface area contributed by atoms with Crippen LogP contribution in [0.2, 0.25) is 0 Å². The Hall–Kier alpha value is -0.320. The number of hydrogen-bond acceptors (Lipinski definition) is 0. The fourth-order valence-electron chi connectivity index (χ4n) is 3.49. The molecule has 0 unspecified atom stereocenters. The zero-order valence-corrected chi connectivity index (χ0v) is 19.5. The number of unbranched alkanes of at least 4 members (excludes halogenated alkanes) is 15. The highest BCUT2D eigenvalue weighted by Gasteiger charge is 2.00. The van der Waals surface area contributed by atoms with E-state index in [1.165, 1.54) is 103 Å². The van der Waals surface area contributed by atoms with Crippen LogP contribution < -0.4 is 28.5 Å². The van der Waals surface area contributed by atoms with E-state index in [0.29, 0.717) is 0 Å². The maximum atomic E-state index is 3.77. The lowest BCUT2D eigenvalue weighted by molar-refractivity contribution is -0.696. The van der Waals surface area contributed by atoms with Gasteiger partial charge in [-0.15, -0.1) is 0 Å². The Morgan fingerprint density at radius 1 is 0.731 bits per heavy atom. The van der Waals surface area contributed by atoms with Gasteiger partial charge < -0.3 is 24.0 Å². The molecule has 1 rings (SSSR count). The van der Waals surface area contributed by atoms with E-state index in [1.807, 2.05) is 10.8 Å². The molecule has 1 aromatic heterocycles. The van der Waals surface area contributed by atoms with Gasteiger partial charge in [0.1, 0.15) is 12.4 Å². The molecule has 0 amide bonds. The number of imidazole rings is 1. The molecule has 26 heavy (non-hydrogen) atoms.